The summed E-state index contributed by atoms with van der Waals surface area (Å²) in [4.78, 5) is 19.2. The smallest absolute Gasteiger partial charge is 0.232 e. The van der Waals surface area contributed by atoms with Gasteiger partial charge in [0, 0.05) is 18.4 Å². The lowest BCUT2D eigenvalue weighted by Crippen LogP contribution is -2.34. The van der Waals surface area contributed by atoms with Crippen LogP contribution in [-0.2, 0) is 10.3 Å². The number of carbonyl (C=O) groups excluding carboxylic acids is 1. The molecule has 1 aliphatic carbocycles. The number of rotatable bonds is 3. The van der Waals surface area contributed by atoms with Crippen LogP contribution in [0.4, 0.5) is 5.69 Å². The van der Waals surface area contributed by atoms with Crippen LogP contribution >= 0.6 is 0 Å². The van der Waals surface area contributed by atoms with E-state index in [0.717, 1.165) is 42.1 Å². The van der Waals surface area contributed by atoms with Gasteiger partial charge in [0.2, 0.25) is 11.8 Å². The molecule has 1 aromatic heterocycles. The standard InChI is InChI=1S/C21H22N4O2/c22-21(10-3-4-11-21)20-23-19(27-24-20)15-12-18(26)25(13-15)17-9-5-7-14-6-1-2-8-16(14)17/h1-2,5-9,15H,3-4,10-13,22H2. The third-order valence-corrected chi connectivity index (χ3v) is 5.91. The first kappa shape index (κ1) is 16.4. The molecule has 1 amide bonds. The zero-order valence-corrected chi connectivity index (χ0v) is 15.1. The number of hydrogen-bond acceptors (Lipinski definition) is 5. The molecule has 1 saturated carbocycles. The van der Waals surface area contributed by atoms with Crippen molar-refractivity contribution in [2.24, 2.45) is 5.73 Å². The average molecular weight is 362 g/mol. The number of carbonyl (C=O) groups is 1. The van der Waals surface area contributed by atoms with E-state index >= 15 is 0 Å². The van der Waals surface area contributed by atoms with Crippen LogP contribution in [0, 0.1) is 0 Å². The SMILES string of the molecule is NC1(c2noc(C3CC(=O)N(c4cccc5ccccc45)C3)n2)CCCC1. The second-order valence-electron chi connectivity index (χ2n) is 7.72. The molecular weight excluding hydrogens is 340 g/mol. The first-order valence-electron chi connectivity index (χ1n) is 9.55. The van der Waals surface area contributed by atoms with E-state index < -0.39 is 5.54 Å². The third kappa shape index (κ3) is 2.72. The maximum absolute atomic E-state index is 12.7. The van der Waals surface area contributed by atoms with Crippen molar-refractivity contribution in [2.45, 2.75) is 43.6 Å². The number of anilines is 1. The molecule has 0 radical (unpaired) electrons. The van der Waals surface area contributed by atoms with Gasteiger partial charge in [0.25, 0.3) is 0 Å². The monoisotopic (exact) mass is 362 g/mol. The lowest BCUT2D eigenvalue weighted by molar-refractivity contribution is -0.117. The number of nitrogens with two attached hydrogens (primary N) is 1. The summed E-state index contributed by atoms with van der Waals surface area (Å²) < 4.78 is 5.53. The molecule has 2 aliphatic rings. The van der Waals surface area contributed by atoms with Gasteiger partial charge in [0.1, 0.15) is 0 Å². The van der Waals surface area contributed by atoms with Gasteiger partial charge in [-0.2, -0.15) is 4.98 Å². The maximum atomic E-state index is 12.7. The number of fused-ring (bicyclic) bond motifs is 1. The van der Waals surface area contributed by atoms with Crippen molar-refractivity contribution in [3.05, 3.63) is 54.2 Å². The van der Waals surface area contributed by atoms with Crippen LogP contribution in [0.1, 0.15) is 49.7 Å². The van der Waals surface area contributed by atoms with E-state index in [1.54, 1.807) is 0 Å². The summed E-state index contributed by atoms with van der Waals surface area (Å²) in [6.45, 7) is 0.548. The van der Waals surface area contributed by atoms with Crippen LogP contribution in [0.5, 0.6) is 0 Å². The highest BCUT2D eigenvalue weighted by Crippen LogP contribution is 2.38. The fourth-order valence-electron chi connectivity index (χ4n) is 4.38. The molecule has 2 heterocycles. The van der Waals surface area contributed by atoms with E-state index in [4.69, 9.17) is 10.3 Å². The summed E-state index contributed by atoms with van der Waals surface area (Å²) in [6, 6.07) is 14.2. The fourth-order valence-corrected chi connectivity index (χ4v) is 4.38. The molecule has 3 aromatic rings. The number of benzene rings is 2. The zero-order valence-electron chi connectivity index (χ0n) is 15.1. The molecule has 5 rings (SSSR count). The number of aromatic nitrogens is 2. The Hall–Kier alpha value is -2.73. The van der Waals surface area contributed by atoms with Gasteiger partial charge in [-0.05, 0) is 24.3 Å². The first-order chi connectivity index (χ1) is 13.1. The molecule has 6 nitrogen and oxygen atoms in total. The second kappa shape index (κ2) is 6.16. The Balaban J connectivity index is 1.43. The minimum atomic E-state index is -0.473. The third-order valence-electron chi connectivity index (χ3n) is 5.91. The molecule has 0 spiro atoms. The van der Waals surface area contributed by atoms with Crippen molar-refractivity contribution in [3.63, 3.8) is 0 Å². The van der Waals surface area contributed by atoms with Gasteiger partial charge in [0.05, 0.1) is 17.1 Å². The van der Waals surface area contributed by atoms with Gasteiger partial charge < -0.3 is 15.2 Å². The van der Waals surface area contributed by atoms with E-state index in [-0.39, 0.29) is 11.8 Å². The molecule has 6 heteroatoms. The van der Waals surface area contributed by atoms with Crippen molar-refractivity contribution < 1.29 is 9.32 Å². The van der Waals surface area contributed by atoms with E-state index in [1.807, 2.05) is 35.2 Å². The molecule has 27 heavy (non-hydrogen) atoms. The molecule has 2 fully saturated rings. The van der Waals surface area contributed by atoms with Crippen LogP contribution < -0.4 is 10.6 Å². The molecule has 2 aromatic carbocycles. The van der Waals surface area contributed by atoms with Crippen molar-refractivity contribution in [2.75, 3.05) is 11.4 Å². The van der Waals surface area contributed by atoms with Crippen LogP contribution in [0.3, 0.4) is 0 Å². The molecular formula is C21H22N4O2. The second-order valence-corrected chi connectivity index (χ2v) is 7.72. The summed E-state index contributed by atoms with van der Waals surface area (Å²) in [5.74, 6) is 1.10. The highest BCUT2D eigenvalue weighted by atomic mass is 16.5. The van der Waals surface area contributed by atoms with Gasteiger partial charge in [-0.3, -0.25) is 4.79 Å². The van der Waals surface area contributed by atoms with E-state index in [9.17, 15) is 4.79 Å². The Morgan fingerprint density at radius 3 is 2.74 bits per heavy atom. The summed E-state index contributed by atoms with van der Waals surface area (Å²) in [5, 5.41) is 6.35. The Labute approximate surface area is 157 Å². The number of hydrogen-bond donors (Lipinski definition) is 1. The van der Waals surface area contributed by atoms with Crippen molar-refractivity contribution >= 4 is 22.4 Å². The predicted octanol–water partition coefficient (Wildman–Crippen LogP) is 3.47. The predicted molar refractivity (Wildman–Crippen MR) is 102 cm³/mol. The summed E-state index contributed by atoms with van der Waals surface area (Å²) in [5.41, 5.74) is 6.90. The Kier molecular flexibility index (Phi) is 3.75. The molecule has 0 bridgehead atoms. The zero-order chi connectivity index (χ0) is 18.4. The van der Waals surface area contributed by atoms with E-state index in [1.165, 1.54) is 0 Å². The van der Waals surface area contributed by atoms with Crippen LogP contribution in [0.15, 0.2) is 47.0 Å². The van der Waals surface area contributed by atoms with E-state index in [0.29, 0.717) is 24.7 Å². The van der Waals surface area contributed by atoms with Crippen LogP contribution in [-0.4, -0.2) is 22.6 Å². The fraction of sp³-hybridized carbons (Fsp3) is 0.381. The first-order valence-corrected chi connectivity index (χ1v) is 9.55. The van der Waals surface area contributed by atoms with Crippen LogP contribution in [0.2, 0.25) is 0 Å². The highest BCUT2D eigenvalue weighted by molar-refractivity contribution is 6.05. The Morgan fingerprint density at radius 2 is 1.89 bits per heavy atom. The number of nitrogens with zero attached hydrogens (tertiary/aromatic N) is 3. The Morgan fingerprint density at radius 1 is 1.11 bits per heavy atom. The average Bonchev–Trinajstić information content (AvgIpc) is 3.41. The van der Waals surface area contributed by atoms with Gasteiger partial charge in [-0.25, -0.2) is 0 Å². The quantitative estimate of drug-likeness (QED) is 0.771. The molecule has 1 saturated heterocycles. The lowest BCUT2D eigenvalue weighted by Gasteiger charge is -2.18. The van der Waals surface area contributed by atoms with E-state index in [2.05, 4.69) is 22.3 Å². The van der Waals surface area contributed by atoms with Gasteiger partial charge in [0.15, 0.2) is 5.82 Å². The minimum absolute atomic E-state index is 0.0828. The maximum Gasteiger partial charge on any atom is 0.232 e. The largest absolute Gasteiger partial charge is 0.339 e. The van der Waals surface area contributed by atoms with Crippen molar-refractivity contribution in [3.8, 4) is 0 Å². The van der Waals surface area contributed by atoms with Crippen molar-refractivity contribution in [1.29, 1.82) is 0 Å². The van der Waals surface area contributed by atoms with Gasteiger partial charge >= 0.3 is 0 Å². The van der Waals surface area contributed by atoms with Crippen molar-refractivity contribution in [1.82, 2.24) is 10.1 Å². The minimum Gasteiger partial charge on any atom is -0.339 e. The summed E-state index contributed by atoms with van der Waals surface area (Å²) in [6.07, 6.45) is 4.34. The summed E-state index contributed by atoms with van der Waals surface area (Å²) >= 11 is 0. The molecule has 1 aliphatic heterocycles. The lowest BCUT2D eigenvalue weighted by atomic mass is 9.98. The highest BCUT2D eigenvalue weighted by Gasteiger charge is 2.39. The Bertz CT molecular complexity index is 1000. The number of amides is 1. The molecule has 1 atom stereocenters. The molecule has 1 unspecified atom stereocenters. The molecule has 2 N–H and O–H groups in total. The summed E-state index contributed by atoms with van der Waals surface area (Å²) in [7, 11) is 0. The topological polar surface area (TPSA) is 85.2 Å². The molecule has 138 valence electrons. The van der Waals surface area contributed by atoms with Gasteiger partial charge in [-0.1, -0.05) is 54.4 Å². The normalized spacial score (nSPS) is 22.0. The van der Waals surface area contributed by atoms with Gasteiger partial charge in [-0.15, -0.1) is 0 Å². The van der Waals surface area contributed by atoms with Crippen LogP contribution in [0.25, 0.3) is 10.8 Å².